The van der Waals surface area contributed by atoms with Crippen LogP contribution in [0.2, 0.25) is 0 Å². The maximum Gasteiger partial charge on any atom is 0.345 e. The topological polar surface area (TPSA) is 431 Å². The molecule has 34 nitrogen and oxygen atoms in total. The smallest absolute Gasteiger partial charge is 0.345 e. The number of Topliss-reactive ketones (excluding diaryl/α,β-unsaturated/α-hetero) is 3. The van der Waals surface area contributed by atoms with Crippen molar-refractivity contribution in [3.63, 3.8) is 0 Å². The molecule has 5 atom stereocenters. The lowest BCUT2D eigenvalue weighted by atomic mass is 10.1. The Hall–Kier alpha value is -5.46. The van der Waals surface area contributed by atoms with E-state index in [1.165, 1.54) is 66.4 Å². The number of piperidine rings is 1. The summed E-state index contributed by atoms with van der Waals surface area (Å²) in [6, 6.07) is 44.0. The summed E-state index contributed by atoms with van der Waals surface area (Å²) in [4.78, 5) is 155. The molecule has 784 valence electrons. The van der Waals surface area contributed by atoms with Crippen molar-refractivity contribution in [3.05, 3.63) is 191 Å². The summed E-state index contributed by atoms with van der Waals surface area (Å²) in [5, 5.41) is 7.24. The maximum absolute atomic E-state index is 11.9. The van der Waals surface area contributed by atoms with Crippen LogP contribution in [0.1, 0.15) is 125 Å². The molecule has 49 heteroatoms. The molecule has 5 unspecified atom stereocenters. The third kappa shape index (κ3) is 46.1. The predicted molar refractivity (Wildman–Crippen MR) is 596 cm³/mol. The van der Waals surface area contributed by atoms with E-state index in [2.05, 4.69) is 280 Å². The lowest BCUT2D eigenvalue weighted by Gasteiger charge is -2.26. The molecule has 0 radical (unpaired) electrons. The summed E-state index contributed by atoms with van der Waals surface area (Å²) in [5.41, 5.74) is 10.6. The number of aromatic nitrogens is 8. The highest BCUT2D eigenvalue weighted by atomic mass is 80.0. The van der Waals surface area contributed by atoms with Gasteiger partial charge in [-0.25, -0.2) is 37.8 Å². The molecule has 13 rings (SSSR count). The number of sulfone groups is 1. The zero-order valence-electron chi connectivity index (χ0n) is 79.3. The van der Waals surface area contributed by atoms with Crippen molar-refractivity contribution in [3.8, 4) is 0 Å². The third-order valence-electron chi connectivity index (χ3n) is 21.4. The summed E-state index contributed by atoms with van der Waals surface area (Å²) in [7, 11) is -1.08. The minimum atomic E-state index is -2.89. The highest BCUT2D eigenvalue weighted by Gasteiger charge is 2.40. The third-order valence-corrected chi connectivity index (χ3v) is 30.3. The lowest BCUT2D eigenvalue weighted by Crippen LogP contribution is -2.43. The number of hydrogen-bond donors (Lipinski definition) is 4. The van der Waals surface area contributed by atoms with Gasteiger partial charge in [0.05, 0.1) is 76.7 Å². The van der Waals surface area contributed by atoms with Crippen LogP contribution < -0.4 is 5.32 Å². The van der Waals surface area contributed by atoms with Gasteiger partial charge in [-0.05, 0) is 290 Å². The van der Waals surface area contributed by atoms with E-state index in [4.69, 9.17) is 42.6 Å². The fourth-order valence-electron chi connectivity index (χ4n) is 12.3. The summed E-state index contributed by atoms with van der Waals surface area (Å²) < 4.78 is 63.5. The van der Waals surface area contributed by atoms with Gasteiger partial charge < -0.3 is 62.9 Å². The fraction of sp³-hybridized carbons (Fsp3) is 0.479. The molecule has 4 aliphatic rings. The van der Waals surface area contributed by atoms with Crippen molar-refractivity contribution in [1.29, 1.82) is 0 Å². The molecular formula is C94H112Br14N12O22S. The van der Waals surface area contributed by atoms with E-state index < -0.39 is 74.7 Å². The Morgan fingerprint density at radius 1 is 0.420 bits per heavy atom. The first-order chi connectivity index (χ1) is 67.3. The number of para-hydroxylation sites is 6. The number of carbonyl (C=O) groups is 11. The second-order valence-electron chi connectivity index (χ2n) is 32.4. The number of hydrogen-bond acceptors (Lipinski definition) is 30. The van der Waals surface area contributed by atoms with E-state index in [9.17, 15) is 61.2 Å². The second-order valence-corrected chi connectivity index (χ2v) is 61.6. The number of ether oxygens (including phenoxy) is 9. The molecule has 4 aromatic heterocycles. The Balaban J connectivity index is 0.000000250. The average Bonchev–Trinajstić information content (AvgIpc) is 1.66. The number of H-pyrrole nitrogens is 3. The van der Waals surface area contributed by atoms with Crippen LogP contribution in [-0.2, 0) is 138 Å². The van der Waals surface area contributed by atoms with Crippen molar-refractivity contribution >= 4 is 331 Å². The molecule has 0 bridgehead atoms. The number of imidazole rings is 3. The van der Waals surface area contributed by atoms with Crippen LogP contribution in [0.15, 0.2) is 157 Å². The fourth-order valence-corrected chi connectivity index (χ4v) is 15.9. The molecule has 5 aromatic carbocycles. The van der Waals surface area contributed by atoms with Crippen molar-refractivity contribution in [2.75, 3.05) is 130 Å². The number of morpholine rings is 1. The quantitative estimate of drug-likeness (QED) is 0.01000. The number of ketones is 3. The molecule has 3 fully saturated rings. The Morgan fingerprint density at radius 2 is 0.783 bits per heavy atom. The lowest BCUT2D eigenvalue weighted by molar-refractivity contribution is -0.150. The number of rotatable bonds is 32. The number of esters is 8. The number of likely N-dealkylation sites (tertiary alicyclic amines) is 1. The Bertz CT molecular complexity index is 5600. The van der Waals surface area contributed by atoms with Gasteiger partial charge in [0, 0.05) is 84.1 Å². The number of halogens is 14. The van der Waals surface area contributed by atoms with Gasteiger partial charge in [-0.2, -0.15) is 5.10 Å². The van der Waals surface area contributed by atoms with Gasteiger partial charge in [0.25, 0.3) is 0 Å². The van der Waals surface area contributed by atoms with Crippen molar-refractivity contribution in [1.82, 2.24) is 59.7 Å². The van der Waals surface area contributed by atoms with Gasteiger partial charge in [0.15, 0.2) is 40.2 Å². The predicted octanol–water partition coefficient (Wildman–Crippen LogP) is 18.7. The van der Waals surface area contributed by atoms with Crippen molar-refractivity contribution in [2.45, 2.75) is 136 Å². The van der Waals surface area contributed by atoms with Gasteiger partial charge in [0.1, 0.15) is 66.8 Å². The van der Waals surface area contributed by atoms with Gasteiger partial charge in [0.2, 0.25) is 6.43 Å². The van der Waals surface area contributed by atoms with E-state index in [1.807, 2.05) is 151 Å². The normalized spacial score (nSPS) is 15.9. The number of aromatic amines is 3. The van der Waals surface area contributed by atoms with Gasteiger partial charge in [-0.3, -0.25) is 57.7 Å². The molecule has 0 aliphatic carbocycles. The largest absolute Gasteiger partial charge is 0.463 e. The summed E-state index contributed by atoms with van der Waals surface area (Å²) in [6.45, 7) is 21.7. The minimum absolute atomic E-state index is 0.0953. The minimum Gasteiger partial charge on any atom is -0.463 e. The Labute approximate surface area is 948 Å². The van der Waals surface area contributed by atoms with Crippen LogP contribution in [-0.4, -0.2) is 277 Å². The summed E-state index contributed by atoms with van der Waals surface area (Å²) in [5.74, 6) is -1.73. The van der Waals surface area contributed by atoms with E-state index >= 15 is 0 Å². The molecule has 8 heterocycles. The zero-order chi connectivity index (χ0) is 106. The van der Waals surface area contributed by atoms with Gasteiger partial charge in [-0.1, -0.05) is 183 Å². The van der Waals surface area contributed by atoms with E-state index in [0.29, 0.717) is 71.3 Å². The molecule has 0 amide bonds. The van der Waals surface area contributed by atoms with Crippen LogP contribution in [0.3, 0.4) is 0 Å². The van der Waals surface area contributed by atoms with E-state index in [0.717, 1.165) is 133 Å². The number of nitrogens with one attached hydrogen (secondary N) is 4. The van der Waals surface area contributed by atoms with Crippen LogP contribution in [0, 0.1) is 0 Å². The monoisotopic (exact) mass is 2900 g/mol. The van der Waals surface area contributed by atoms with E-state index in [1.54, 1.807) is 10.9 Å². The van der Waals surface area contributed by atoms with Gasteiger partial charge >= 0.3 is 47.8 Å². The van der Waals surface area contributed by atoms with Gasteiger partial charge in [-0.15, -0.1) is 0 Å². The summed E-state index contributed by atoms with van der Waals surface area (Å²) >= 11 is 43.8. The molecule has 3 saturated heterocycles. The molecule has 9 aromatic rings. The van der Waals surface area contributed by atoms with Crippen LogP contribution in [0.4, 0.5) is 0 Å². The number of aryl methyl sites for hydroxylation is 2. The first-order valence-corrected chi connectivity index (χ1v) is 57.7. The number of fused-ring (bicyclic) bond motifs is 3. The van der Waals surface area contributed by atoms with Crippen molar-refractivity contribution in [2.24, 2.45) is 7.05 Å². The Kier molecular flexibility index (Phi) is 55.6. The second kappa shape index (κ2) is 63.0. The maximum atomic E-state index is 11.9. The van der Waals surface area contributed by atoms with Crippen molar-refractivity contribution < 1.29 is 104 Å². The first kappa shape index (κ1) is 126. The molecule has 0 saturated carbocycles. The van der Waals surface area contributed by atoms with Crippen LogP contribution >= 0.6 is 223 Å². The molecular weight excluding hydrogens is 2800 g/mol. The zero-order valence-corrected chi connectivity index (χ0v) is 102. The SMILES string of the molecule is CC(=O)C(C)(Br)C(=O)OCCN1CCCCC1.CC(=O)C(C)(Br)C(=O)OCCN1CCOCC1.CC(=O)C(C)(Br)C(=O)OCCN1CCS(=O)(=O)CC1.CC1=C(COC(=O)C(Br)c2ccccc2)NCC1.Cn1nccc1COC(=O)C(Br)c1ccccc1.O=C(OCCCc1nc2ccccc2[nH]1)C(Br)(Br)Br.O=C(OCCc1nc2ccccc2[nH]1)C(Br)(Br)Br.O=C(OCc1nc2ccccc2[nH]1)C(Br)(Br)Br. The number of nitrogens with zero attached hydrogens (tertiary/aromatic N) is 8. The summed E-state index contributed by atoms with van der Waals surface area (Å²) in [6.07, 6.45) is 8.43. The molecule has 0 spiro atoms. The standard InChI is InChI=1S/C14H16BrNO2.C13H13BrN2O2.C12H11Br3N2O2.C12H20BrNO3.C11H9Br3N2O2.C11H18BrNO5S.C11H18BrNO4.C10H7Br3N2O2/c1-10-7-8-16-12(10)9-18-14(17)13(15)11-5-3-2-4-6-11;1-16-11(7-8-15-16)9-18-13(17)12(14)10-5-3-2-4-6-10;13-12(14,15)11(18)19-7-3-6-10-16-8-4-1-2-5-9(8)17-10;1-10(15)12(2,13)11(16)17-9-8-14-6-4-3-5-7-14;12-11(13,14)10(17)18-6-5-9-15-7-3-1-2-4-8(7)16-9;1-9(14)11(2,12)10(15)18-6-3-13-4-7-19(16,17)8-5-13;1-9(14)11(2,12)10(15)17-8-5-13-3-6-16-7-4-13;11-10(12,13)9(16)17-5-8-14-6-3-1-2-4-7(6)15-8/h2-6,13,16H,7-9H2,1H3;2-8,12H,9H2,1H3;1-2,4-5H,3,6-7H2,(H,16,17);3-9H2,1-2H3;1-4H,5-6H2,(H,15,16);3-8H2,1-2H3;3-8H2,1-2H3;1-4H,5H2,(H,14,15). The first-order valence-electron chi connectivity index (χ1n) is 44.5. The molecule has 143 heavy (non-hydrogen) atoms. The molecule has 4 N–H and O–H groups in total. The Morgan fingerprint density at radius 3 is 1.17 bits per heavy atom. The van der Waals surface area contributed by atoms with Crippen LogP contribution in [0.5, 0.6) is 0 Å². The number of carbonyl (C=O) groups excluding carboxylic acids is 11. The van der Waals surface area contributed by atoms with Crippen LogP contribution in [0.25, 0.3) is 33.1 Å². The number of benzene rings is 5. The average molecular weight is 2910 g/mol. The highest BCUT2D eigenvalue weighted by molar-refractivity contribution is 9.40. The van der Waals surface area contributed by atoms with E-state index in [-0.39, 0.29) is 67.2 Å². The highest BCUT2D eigenvalue weighted by Crippen LogP contribution is 2.38. The number of alkyl halides is 14. The molecule has 4 aliphatic heterocycles.